The molecule has 2 rings (SSSR count). The van der Waals surface area contributed by atoms with Gasteiger partial charge in [-0.25, -0.2) is 8.78 Å². The second-order valence-corrected chi connectivity index (χ2v) is 5.35. The molecule has 1 atom stereocenters. The zero-order valence-corrected chi connectivity index (χ0v) is 10.7. The standard InChI is InChI=1S/C12H9BrF2S/c13-11(5-8-3-4-16-7-8)10-2-1-9(14)6-12(10)15/h1-4,6-7,11H,5H2. The zero-order chi connectivity index (χ0) is 11.5. The lowest BCUT2D eigenvalue weighted by atomic mass is 10.1. The summed E-state index contributed by atoms with van der Waals surface area (Å²) in [4.78, 5) is -0.123. The number of hydrogen-bond acceptors (Lipinski definition) is 1. The van der Waals surface area contributed by atoms with Gasteiger partial charge in [0.2, 0.25) is 0 Å². The van der Waals surface area contributed by atoms with Gasteiger partial charge in [0.25, 0.3) is 0 Å². The van der Waals surface area contributed by atoms with E-state index in [9.17, 15) is 8.78 Å². The summed E-state index contributed by atoms with van der Waals surface area (Å²) in [7, 11) is 0. The molecule has 0 aliphatic rings. The van der Waals surface area contributed by atoms with Gasteiger partial charge in [0, 0.05) is 16.5 Å². The Labute approximate surface area is 105 Å². The molecule has 0 nitrogen and oxygen atoms in total. The van der Waals surface area contributed by atoms with Crippen LogP contribution in [0.4, 0.5) is 8.78 Å². The highest BCUT2D eigenvalue weighted by atomic mass is 79.9. The van der Waals surface area contributed by atoms with Gasteiger partial charge in [-0.1, -0.05) is 22.0 Å². The van der Waals surface area contributed by atoms with Crippen molar-refractivity contribution in [3.8, 4) is 0 Å². The molecule has 1 heterocycles. The summed E-state index contributed by atoms with van der Waals surface area (Å²) in [6, 6.07) is 5.67. The number of hydrogen-bond donors (Lipinski definition) is 0. The van der Waals surface area contributed by atoms with Crippen LogP contribution in [0.25, 0.3) is 0 Å². The summed E-state index contributed by atoms with van der Waals surface area (Å²) in [5.74, 6) is -1.05. The van der Waals surface area contributed by atoms with E-state index in [-0.39, 0.29) is 4.83 Å². The van der Waals surface area contributed by atoms with Gasteiger partial charge in [0.05, 0.1) is 0 Å². The first-order chi connectivity index (χ1) is 7.66. The highest BCUT2D eigenvalue weighted by Gasteiger charge is 2.14. The van der Waals surface area contributed by atoms with Crippen LogP contribution in [0.2, 0.25) is 0 Å². The Hall–Kier alpha value is -0.740. The van der Waals surface area contributed by atoms with E-state index in [1.807, 2.05) is 16.8 Å². The SMILES string of the molecule is Fc1ccc(C(Br)Cc2ccsc2)c(F)c1. The van der Waals surface area contributed by atoms with Crippen molar-refractivity contribution in [2.45, 2.75) is 11.2 Å². The third kappa shape index (κ3) is 2.68. The fraction of sp³-hybridized carbons (Fsp3) is 0.167. The van der Waals surface area contributed by atoms with Crippen LogP contribution in [0, 0.1) is 11.6 Å². The Morgan fingerprint density at radius 1 is 1.25 bits per heavy atom. The highest BCUT2D eigenvalue weighted by molar-refractivity contribution is 9.09. The molecule has 0 aliphatic heterocycles. The predicted octanol–water partition coefficient (Wildman–Crippen LogP) is 4.71. The number of benzene rings is 1. The van der Waals surface area contributed by atoms with Crippen LogP contribution in [0.1, 0.15) is 16.0 Å². The molecule has 0 aliphatic carbocycles. The quantitative estimate of drug-likeness (QED) is 0.721. The van der Waals surface area contributed by atoms with E-state index < -0.39 is 11.6 Å². The molecule has 0 spiro atoms. The zero-order valence-electron chi connectivity index (χ0n) is 8.29. The van der Waals surface area contributed by atoms with E-state index in [1.54, 1.807) is 11.3 Å². The molecule has 84 valence electrons. The van der Waals surface area contributed by atoms with Gasteiger partial charge in [0.1, 0.15) is 11.6 Å². The lowest BCUT2D eigenvalue weighted by Crippen LogP contribution is -1.98. The van der Waals surface area contributed by atoms with Crippen LogP contribution in [-0.2, 0) is 6.42 Å². The summed E-state index contributed by atoms with van der Waals surface area (Å²) in [5, 5.41) is 4.01. The average molecular weight is 303 g/mol. The summed E-state index contributed by atoms with van der Waals surface area (Å²) in [6.07, 6.45) is 0.700. The molecular weight excluding hydrogens is 294 g/mol. The fourth-order valence-corrected chi connectivity index (χ4v) is 2.91. The molecule has 16 heavy (non-hydrogen) atoms. The summed E-state index contributed by atoms with van der Waals surface area (Å²) in [5.41, 5.74) is 1.64. The van der Waals surface area contributed by atoms with Crippen LogP contribution in [-0.4, -0.2) is 0 Å². The molecule has 0 bridgehead atoms. The van der Waals surface area contributed by atoms with Crippen molar-refractivity contribution >= 4 is 27.3 Å². The monoisotopic (exact) mass is 302 g/mol. The maximum Gasteiger partial charge on any atom is 0.130 e. The second kappa shape index (κ2) is 5.06. The van der Waals surface area contributed by atoms with Crippen molar-refractivity contribution in [3.63, 3.8) is 0 Å². The largest absolute Gasteiger partial charge is 0.207 e. The maximum absolute atomic E-state index is 13.5. The van der Waals surface area contributed by atoms with Gasteiger partial charge in [-0.05, 0) is 34.9 Å². The van der Waals surface area contributed by atoms with E-state index in [4.69, 9.17) is 0 Å². The first kappa shape index (κ1) is 11.7. The first-order valence-corrected chi connectivity index (χ1v) is 6.63. The molecule has 1 aromatic carbocycles. The number of thiophene rings is 1. The van der Waals surface area contributed by atoms with Gasteiger partial charge in [-0.3, -0.25) is 0 Å². The molecular formula is C12H9BrF2S. The second-order valence-electron chi connectivity index (χ2n) is 3.47. The Morgan fingerprint density at radius 2 is 2.06 bits per heavy atom. The van der Waals surface area contributed by atoms with Crippen molar-refractivity contribution in [3.05, 3.63) is 57.8 Å². The molecule has 0 amide bonds. The van der Waals surface area contributed by atoms with E-state index in [0.29, 0.717) is 12.0 Å². The number of alkyl halides is 1. The van der Waals surface area contributed by atoms with Crippen molar-refractivity contribution < 1.29 is 8.78 Å². The minimum absolute atomic E-state index is 0.123. The van der Waals surface area contributed by atoms with Crippen molar-refractivity contribution in [1.82, 2.24) is 0 Å². The van der Waals surface area contributed by atoms with Crippen molar-refractivity contribution in [2.75, 3.05) is 0 Å². The Morgan fingerprint density at radius 3 is 2.69 bits per heavy atom. The molecule has 2 aromatic rings. The molecule has 1 unspecified atom stereocenters. The smallest absolute Gasteiger partial charge is 0.130 e. The minimum Gasteiger partial charge on any atom is -0.207 e. The normalized spacial score (nSPS) is 12.7. The van der Waals surface area contributed by atoms with Crippen LogP contribution in [0.5, 0.6) is 0 Å². The molecule has 0 saturated carbocycles. The third-order valence-electron chi connectivity index (χ3n) is 2.29. The third-order valence-corrected chi connectivity index (χ3v) is 3.84. The van der Waals surface area contributed by atoms with Gasteiger partial charge >= 0.3 is 0 Å². The van der Waals surface area contributed by atoms with E-state index in [0.717, 1.165) is 11.6 Å². The van der Waals surface area contributed by atoms with Crippen molar-refractivity contribution in [2.24, 2.45) is 0 Å². The Balaban J connectivity index is 2.17. The summed E-state index contributed by atoms with van der Waals surface area (Å²) >= 11 is 5.03. The van der Waals surface area contributed by atoms with Crippen LogP contribution >= 0.6 is 27.3 Å². The lowest BCUT2D eigenvalue weighted by molar-refractivity contribution is 0.571. The van der Waals surface area contributed by atoms with E-state index >= 15 is 0 Å². The molecule has 1 aromatic heterocycles. The molecule has 0 radical (unpaired) electrons. The highest BCUT2D eigenvalue weighted by Crippen LogP contribution is 2.29. The molecule has 0 N–H and O–H groups in total. The lowest BCUT2D eigenvalue weighted by Gasteiger charge is -2.10. The number of rotatable bonds is 3. The van der Waals surface area contributed by atoms with Gasteiger partial charge in [-0.15, -0.1) is 0 Å². The van der Waals surface area contributed by atoms with Gasteiger partial charge < -0.3 is 0 Å². The van der Waals surface area contributed by atoms with Gasteiger partial charge in [-0.2, -0.15) is 11.3 Å². The molecule has 0 fully saturated rings. The maximum atomic E-state index is 13.5. The van der Waals surface area contributed by atoms with E-state index in [2.05, 4.69) is 15.9 Å². The predicted molar refractivity (Wildman–Crippen MR) is 66.0 cm³/mol. The molecule has 0 saturated heterocycles. The fourth-order valence-electron chi connectivity index (χ4n) is 1.48. The van der Waals surface area contributed by atoms with E-state index in [1.165, 1.54) is 12.1 Å². The van der Waals surface area contributed by atoms with Crippen LogP contribution in [0.15, 0.2) is 35.0 Å². The topological polar surface area (TPSA) is 0 Å². The summed E-state index contributed by atoms with van der Waals surface area (Å²) in [6.45, 7) is 0. The average Bonchev–Trinajstić information content (AvgIpc) is 2.70. The first-order valence-electron chi connectivity index (χ1n) is 4.77. The summed E-state index contributed by atoms with van der Waals surface area (Å²) < 4.78 is 26.2. The number of halogens is 3. The van der Waals surface area contributed by atoms with Crippen LogP contribution < -0.4 is 0 Å². The Bertz CT molecular complexity index is 468. The Kier molecular flexibility index (Phi) is 3.71. The molecule has 4 heteroatoms. The van der Waals surface area contributed by atoms with Crippen molar-refractivity contribution in [1.29, 1.82) is 0 Å². The van der Waals surface area contributed by atoms with Gasteiger partial charge in [0.15, 0.2) is 0 Å². The van der Waals surface area contributed by atoms with Crippen LogP contribution in [0.3, 0.4) is 0 Å². The minimum atomic E-state index is -0.545.